The number of urea groups is 1. The Morgan fingerprint density at radius 1 is 1.07 bits per heavy atom. The van der Waals surface area contributed by atoms with Gasteiger partial charge in [0.15, 0.2) is 0 Å². The molecule has 40 heavy (non-hydrogen) atoms. The Labute approximate surface area is 226 Å². The molecule has 1 aromatic carbocycles. The average Bonchev–Trinajstić information content (AvgIpc) is 3.46. The summed E-state index contributed by atoms with van der Waals surface area (Å²) >= 11 is 0. The van der Waals surface area contributed by atoms with Gasteiger partial charge in [0, 0.05) is 48.7 Å². The number of carbonyl (C=O) groups is 2. The number of aryl methyl sites for hydroxylation is 1. The number of rotatable bonds is 8. The van der Waals surface area contributed by atoms with Crippen LogP contribution in [0.2, 0.25) is 0 Å². The molecule has 3 aromatic heterocycles. The summed E-state index contributed by atoms with van der Waals surface area (Å²) in [6.07, 6.45) is 3.45. The van der Waals surface area contributed by atoms with E-state index < -0.39 is 24.2 Å². The molecule has 1 aliphatic rings. The lowest BCUT2D eigenvalue weighted by Crippen LogP contribution is -2.33. The number of hydrogen-bond acceptors (Lipinski definition) is 7. The lowest BCUT2D eigenvalue weighted by Gasteiger charge is -2.21. The number of ether oxygens (including phenoxy) is 1. The van der Waals surface area contributed by atoms with Gasteiger partial charge in [0.2, 0.25) is 5.91 Å². The third kappa shape index (κ3) is 4.74. The fourth-order valence-electron chi connectivity index (χ4n) is 4.60. The molecule has 0 unspecified atom stereocenters. The quantitative estimate of drug-likeness (QED) is 0.356. The summed E-state index contributed by atoms with van der Waals surface area (Å²) in [7, 11) is 1.32. The van der Waals surface area contributed by atoms with E-state index in [1.54, 1.807) is 52.4 Å². The Balaban J connectivity index is 1.46. The highest BCUT2D eigenvalue weighted by molar-refractivity contribution is 6.07. The Bertz CT molecular complexity index is 1650. The van der Waals surface area contributed by atoms with E-state index in [9.17, 15) is 23.2 Å². The number of pyridine rings is 2. The van der Waals surface area contributed by atoms with Gasteiger partial charge in [0.1, 0.15) is 5.82 Å². The van der Waals surface area contributed by atoms with Crippen molar-refractivity contribution in [3.63, 3.8) is 0 Å². The lowest BCUT2D eigenvalue weighted by molar-refractivity contribution is -0.0575. The normalized spacial score (nSPS) is 13.4. The van der Waals surface area contributed by atoms with Crippen molar-refractivity contribution in [2.75, 3.05) is 22.9 Å². The minimum Gasteiger partial charge on any atom is -0.401 e. The minimum atomic E-state index is -3.16. The van der Waals surface area contributed by atoms with Gasteiger partial charge < -0.3 is 10.5 Å². The van der Waals surface area contributed by atoms with E-state index in [1.807, 2.05) is 6.92 Å². The predicted molar refractivity (Wildman–Crippen MR) is 141 cm³/mol. The molecule has 0 bridgehead atoms. The van der Waals surface area contributed by atoms with E-state index in [4.69, 9.17) is 5.73 Å². The number of nitrogens with zero attached hydrogens (tertiary/aromatic N) is 7. The van der Waals surface area contributed by atoms with Crippen LogP contribution >= 0.6 is 0 Å². The molecule has 206 valence electrons. The zero-order valence-corrected chi connectivity index (χ0v) is 21.5. The molecule has 0 atom stereocenters. The van der Waals surface area contributed by atoms with Gasteiger partial charge in [-0.15, -0.1) is 5.10 Å². The number of carbonyl (C=O) groups excluding carboxylic acids is 2. The molecule has 4 heterocycles. The Morgan fingerprint density at radius 3 is 2.52 bits per heavy atom. The van der Waals surface area contributed by atoms with Crippen LogP contribution in [0.4, 0.5) is 25.1 Å². The van der Waals surface area contributed by atoms with Crippen molar-refractivity contribution in [2.45, 2.75) is 20.0 Å². The van der Waals surface area contributed by atoms with Crippen LogP contribution in [0.5, 0.6) is 6.01 Å². The number of hydrogen-bond donors (Lipinski definition) is 1. The maximum absolute atomic E-state index is 13.4. The standard InChI is InChI=1S/C26H24F2N8O4/c1-3-18-19(20-8-7-17(14-31-20)36-24(40-23(27)28)32-33(2)25(36)38)9-10-30-22(18)35-12-11-34(26(35)39)16-6-4-5-15(13-16)21(29)37/h4-10,13-14,23H,3,11-12H2,1-2H3,(H2,29,37). The summed E-state index contributed by atoms with van der Waals surface area (Å²) in [5.41, 5.74) is 7.76. The van der Waals surface area contributed by atoms with Crippen molar-refractivity contribution in [1.82, 2.24) is 24.3 Å². The number of primary amides is 1. The second kappa shape index (κ2) is 10.6. The molecular weight excluding hydrogens is 526 g/mol. The third-order valence-corrected chi connectivity index (χ3v) is 6.47. The topological polar surface area (TPSA) is 141 Å². The molecule has 5 rings (SSSR count). The van der Waals surface area contributed by atoms with Crippen LogP contribution in [0.1, 0.15) is 22.8 Å². The smallest absolute Gasteiger partial charge is 0.389 e. The molecule has 1 saturated heterocycles. The first-order chi connectivity index (χ1) is 19.2. The monoisotopic (exact) mass is 550 g/mol. The van der Waals surface area contributed by atoms with Crippen molar-refractivity contribution in [1.29, 1.82) is 0 Å². The van der Waals surface area contributed by atoms with Gasteiger partial charge in [0.05, 0.1) is 17.6 Å². The number of amides is 3. The van der Waals surface area contributed by atoms with E-state index >= 15 is 0 Å². The molecule has 0 radical (unpaired) electrons. The Kier molecular flexibility index (Phi) is 6.98. The Hall–Kier alpha value is -5.14. The van der Waals surface area contributed by atoms with Crippen molar-refractivity contribution in [3.8, 4) is 23.0 Å². The first-order valence-corrected chi connectivity index (χ1v) is 12.2. The first-order valence-electron chi connectivity index (χ1n) is 12.2. The molecular formula is C26H24F2N8O4. The molecule has 1 aliphatic heterocycles. The van der Waals surface area contributed by atoms with Gasteiger partial charge in [-0.25, -0.2) is 23.8 Å². The second-order valence-corrected chi connectivity index (χ2v) is 8.82. The molecule has 4 aromatic rings. The number of aromatic nitrogens is 5. The summed E-state index contributed by atoms with van der Waals surface area (Å²) in [5, 5.41) is 3.70. The van der Waals surface area contributed by atoms with Gasteiger partial charge in [-0.3, -0.25) is 19.6 Å². The van der Waals surface area contributed by atoms with Gasteiger partial charge in [-0.2, -0.15) is 8.78 Å². The van der Waals surface area contributed by atoms with E-state index in [1.165, 1.54) is 19.3 Å². The minimum absolute atomic E-state index is 0.188. The SMILES string of the molecule is CCc1c(-c2ccc(-n3c(OC(F)F)nn(C)c3=O)cn2)ccnc1N1CCN(c2cccc(C(N)=O)c2)C1=O. The summed E-state index contributed by atoms with van der Waals surface area (Å²) in [6, 6.07) is 10.6. The number of benzene rings is 1. The molecule has 0 spiro atoms. The van der Waals surface area contributed by atoms with E-state index in [0.29, 0.717) is 47.8 Å². The molecule has 3 amide bonds. The van der Waals surface area contributed by atoms with Crippen molar-refractivity contribution in [3.05, 3.63) is 76.5 Å². The molecule has 12 nitrogen and oxygen atoms in total. The molecule has 0 aliphatic carbocycles. The summed E-state index contributed by atoms with van der Waals surface area (Å²) in [4.78, 5) is 49.6. The maximum atomic E-state index is 13.4. The molecule has 14 heteroatoms. The molecule has 1 fully saturated rings. The van der Waals surface area contributed by atoms with Crippen molar-refractivity contribution < 1.29 is 23.1 Å². The average molecular weight is 551 g/mol. The highest BCUT2D eigenvalue weighted by Crippen LogP contribution is 2.33. The number of anilines is 2. The van der Waals surface area contributed by atoms with E-state index in [2.05, 4.69) is 19.8 Å². The highest BCUT2D eigenvalue weighted by Gasteiger charge is 2.33. The zero-order valence-electron chi connectivity index (χ0n) is 21.5. The van der Waals surface area contributed by atoms with Crippen LogP contribution in [-0.4, -0.2) is 56.0 Å². The van der Waals surface area contributed by atoms with Crippen LogP contribution in [0.25, 0.3) is 16.9 Å². The van der Waals surface area contributed by atoms with Crippen molar-refractivity contribution >= 4 is 23.4 Å². The number of nitrogens with two attached hydrogens (primary N) is 1. The van der Waals surface area contributed by atoms with E-state index in [0.717, 1.165) is 14.8 Å². The highest BCUT2D eigenvalue weighted by atomic mass is 19.3. The first kappa shape index (κ1) is 26.5. The summed E-state index contributed by atoms with van der Waals surface area (Å²) in [5.74, 6) is -0.113. The summed E-state index contributed by atoms with van der Waals surface area (Å²) < 4.78 is 31.8. The van der Waals surface area contributed by atoms with Crippen molar-refractivity contribution in [2.24, 2.45) is 12.8 Å². The van der Waals surface area contributed by atoms with Gasteiger partial charge in [-0.05, 0) is 42.8 Å². The summed E-state index contributed by atoms with van der Waals surface area (Å²) in [6.45, 7) is -0.486. The zero-order chi connectivity index (χ0) is 28.6. The number of halogens is 2. The largest absolute Gasteiger partial charge is 0.401 e. The lowest BCUT2D eigenvalue weighted by atomic mass is 10.0. The maximum Gasteiger partial charge on any atom is 0.389 e. The number of alkyl halides is 2. The fraction of sp³-hybridized carbons (Fsp3) is 0.231. The van der Waals surface area contributed by atoms with Gasteiger partial charge in [-0.1, -0.05) is 13.0 Å². The van der Waals surface area contributed by atoms with Crippen LogP contribution in [0.15, 0.2) is 59.7 Å². The van der Waals surface area contributed by atoms with Crippen LogP contribution in [-0.2, 0) is 13.5 Å². The molecule has 2 N–H and O–H groups in total. The Morgan fingerprint density at radius 2 is 1.85 bits per heavy atom. The van der Waals surface area contributed by atoms with Crippen LogP contribution in [0.3, 0.4) is 0 Å². The third-order valence-electron chi connectivity index (χ3n) is 6.47. The van der Waals surface area contributed by atoms with E-state index in [-0.39, 0.29) is 11.7 Å². The second-order valence-electron chi connectivity index (χ2n) is 8.82. The van der Waals surface area contributed by atoms with Crippen LogP contribution < -0.4 is 26.0 Å². The van der Waals surface area contributed by atoms with Gasteiger partial charge in [0.25, 0.3) is 0 Å². The fourth-order valence-corrected chi connectivity index (χ4v) is 4.60. The molecule has 0 saturated carbocycles. The van der Waals surface area contributed by atoms with Gasteiger partial charge >= 0.3 is 24.3 Å². The van der Waals surface area contributed by atoms with Crippen LogP contribution in [0, 0.1) is 0 Å². The predicted octanol–water partition coefficient (Wildman–Crippen LogP) is 2.74.